The van der Waals surface area contributed by atoms with Crippen molar-refractivity contribution >= 4 is 17.6 Å². The van der Waals surface area contributed by atoms with Gasteiger partial charge in [-0.15, -0.1) is 0 Å². The minimum Gasteiger partial charge on any atom is -0.458 e. The highest BCUT2D eigenvalue weighted by atomic mass is 32.2. The molecule has 0 saturated carbocycles. The Morgan fingerprint density at radius 3 is 2.95 bits per heavy atom. The molecule has 0 radical (unpaired) electrons. The van der Waals surface area contributed by atoms with E-state index in [0.29, 0.717) is 5.82 Å². The summed E-state index contributed by atoms with van der Waals surface area (Å²) in [6, 6.07) is 3.88. The summed E-state index contributed by atoms with van der Waals surface area (Å²) in [5, 5.41) is 3.41. The van der Waals surface area contributed by atoms with E-state index in [1.54, 1.807) is 0 Å². The number of hydrogen-bond acceptors (Lipinski definition) is 5. The van der Waals surface area contributed by atoms with Crippen LogP contribution in [0.15, 0.2) is 16.5 Å². The van der Waals surface area contributed by atoms with Crippen molar-refractivity contribution in [1.29, 1.82) is 0 Å². The molecule has 100 valence electrons. The molecule has 3 heterocycles. The van der Waals surface area contributed by atoms with Gasteiger partial charge < -0.3 is 9.73 Å². The monoisotopic (exact) mass is 275 g/mol. The predicted octanol–water partition coefficient (Wildman–Crippen LogP) is 3.61. The number of rotatable bonds is 4. The predicted molar refractivity (Wildman–Crippen MR) is 78.3 cm³/mol. The van der Waals surface area contributed by atoms with E-state index in [1.165, 1.54) is 5.56 Å². The van der Waals surface area contributed by atoms with E-state index in [9.17, 15) is 0 Å². The van der Waals surface area contributed by atoms with E-state index < -0.39 is 0 Å². The van der Waals surface area contributed by atoms with Crippen molar-refractivity contribution in [2.24, 2.45) is 0 Å². The molecule has 0 fully saturated rings. The van der Waals surface area contributed by atoms with Crippen molar-refractivity contribution in [3.8, 4) is 11.6 Å². The quantitative estimate of drug-likeness (QED) is 0.923. The second-order valence-electron chi connectivity index (χ2n) is 4.65. The van der Waals surface area contributed by atoms with Gasteiger partial charge in [0.2, 0.25) is 0 Å². The number of anilines is 1. The standard InChI is InChI=1S/C14H17N3OS/c1-3-6-15-13-10-7-19-8-11(10)16-14(17-13)12-5-4-9(2)18-12/h4-5H,3,6-8H2,1-2H3,(H,15,16,17). The molecule has 19 heavy (non-hydrogen) atoms. The van der Waals surface area contributed by atoms with Crippen molar-refractivity contribution in [2.45, 2.75) is 31.8 Å². The molecule has 0 bridgehead atoms. The lowest BCUT2D eigenvalue weighted by atomic mass is 10.2. The smallest absolute Gasteiger partial charge is 0.197 e. The molecule has 0 aromatic carbocycles. The first kappa shape index (κ1) is 12.5. The van der Waals surface area contributed by atoms with Crippen LogP contribution in [0.4, 0.5) is 5.82 Å². The Bertz CT molecular complexity index is 594. The van der Waals surface area contributed by atoms with Crippen LogP contribution in [-0.4, -0.2) is 16.5 Å². The van der Waals surface area contributed by atoms with Gasteiger partial charge in [-0.3, -0.25) is 0 Å². The van der Waals surface area contributed by atoms with Crippen LogP contribution in [0.5, 0.6) is 0 Å². The molecule has 2 aromatic rings. The topological polar surface area (TPSA) is 51.0 Å². The molecule has 2 aromatic heterocycles. The first-order valence-corrected chi connectivity index (χ1v) is 7.71. The van der Waals surface area contributed by atoms with Gasteiger partial charge in [0.05, 0.1) is 5.69 Å². The summed E-state index contributed by atoms with van der Waals surface area (Å²) in [6.45, 7) is 5.02. The summed E-state index contributed by atoms with van der Waals surface area (Å²) in [4.78, 5) is 9.28. The van der Waals surface area contributed by atoms with Gasteiger partial charge in [0.25, 0.3) is 0 Å². The molecular formula is C14H17N3OS. The lowest BCUT2D eigenvalue weighted by Crippen LogP contribution is -2.07. The maximum absolute atomic E-state index is 5.63. The molecule has 5 heteroatoms. The van der Waals surface area contributed by atoms with Gasteiger partial charge >= 0.3 is 0 Å². The average molecular weight is 275 g/mol. The number of nitrogens with zero attached hydrogens (tertiary/aromatic N) is 2. The highest BCUT2D eigenvalue weighted by molar-refractivity contribution is 7.98. The Hall–Kier alpha value is -1.49. The number of furan rings is 1. The lowest BCUT2D eigenvalue weighted by Gasteiger charge is -2.10. The fourth-order valence-electron chi connectivity index (χ4n) is 2.11. The SMILES string of the molecule is CCCNc1nc(-c2ccc(C)o2)nc2c1CSC2. The van der Waals surface area contributed by atoms with Gasteiger partial charge in [0.15, 0.2) is 11.6 Å². The summed E-state index contributed by atoms with van der Waals surface area (Å²) in [5.41, 5.74) is 2.40. The fraction of sp³-hybridized carbons (Fsp3) is 0.429. The average Bonchev–Trinajstić information content (AvgIpc) is 3.03. The van der Waals surface area contributed by atoms with Crippen molar-refractivity contribution in [2.75, 3.05) is 11.9 Å². The van der Waals surface area contributed by atoms with Crippen molar-refractivity contribution < 1.29 is 4.42 Å². The number of aromatic nitrogens is 2. The Morgan fingerprint density at radius 2 is 2.21 bits per heavy atom. The molecule has 1 aliphatic heterocycles. The zero-order chi connectivity index (χ0) is 13.2. The minimum absolute atomic E-state index is 0.688. The van der Waals surface area contributed by atoms with Crippen molar-refractivity contribution in [3.63, 3.8) is 0 Å². The molecule has 0 amide bonds. The molecule has 1 aliphatic rings. The van der Waals surface area contributed by atoms with Crippen LogP contribution in [0.2, 0.25) is 0 Å². The normalized spacial score (nSPS) is 13.6. The van der Waals surface area contributed by atoms with Crippen LogP contribution in [0, 0.1) is 6.92 Å². The van der Waals surface area contributed by atoms with E-state index in [0.717, 1.165) is 47.5 Å². The second-order valence-corrected chi connectivity index (χ2v) is 5.64. The molecule has 0 atom stereocenters. The summed E-state index contributed by atoms with van der Waals surface area (Å²) in [7, 11) is 0. The molecule has 3 rings (SSSR count). The third kappa shape index (κ3) is 2.47. The first-order valence-electron chi connectivity index (χ1n) is 6.56. The van der Waals surface area contributed by atoms with Gasteiger partial charge in [-0.1, -0.05) is 6.92 Å². The van der Waals surface area contributed by atoms with Gasteiger partial charge in [0.1, 0.15) is 11.6 Å². The van der Waals surface area contributed by atoms with Crippen LogP contribution < -0.4 is 5.32 Å². The van der Waals surface area contributed by atoms with E-state index in [4.69, 9.17) is 4.42 Å². The second kappa shape index (κ2) is 5.25. The van der Waals surface area contributed by atoms with Gasteiger partial charge in [-0.25, -0.2) is 9.97 Å². The van der Waals surface area contributed by atoms with Gasteiger partial charge in [-0.2, -0.15) is 11.8 Å². The summed E-state index contributed by atoms with van der Waals surface area (Å²) in [6.07, 6.45) is 1.08. The van der Waals surface area contributed by atoms with Gasteiger partial charge in [0, 0.05) is 23.6 Å². The minimum atomic E-state index is 0.688. The number of hydrogen-bond donors (Lipinski definition) is 1. The first-order chi connectivity index (χ1) is 9.28. The highest BCUT2D eigenvalue weighted by Gasteiger charge is 2.21. The zero-order valence-corrected chi connectivity index (χ0v) is 12.0. The Morgan fingerprint density at radius 1 is 1.32 bits per heavy atom. The summed E-state index contributed by atoms with van der Waals surface area (Å²) < 4.78 is 5.63. The number of thioether (sulfide) groups is 1. The summed E-state index contributed by atoms with van der Waals surface area (Å²) >= 11 is 1.89. The van der Waals surface area contributed by atoms with Crippen LogP contribution in [0.1, 0.15) is 30.4 Å². The molecular weight excluding hydrogens is 258 g/mol. The van der Waals surface area contributed by atoms with Crippen LogP contribution in [-0.2, 0) is 11.5 Å². The van der Waals surface area contributed by atoms with Crippen molar-refractivity contribution in [3.05, 3.63) is 29.2 Å². The van der Waals surface area contributed by atoms with Crippen LogP contribution >= 0.6 is 11.8 Å². The van der Waals surface area contributed by atoms with Crippen LogP contribution in [0.25, 0.3) is 11.6 Å². The fourth-order valence-corrected chi connectivity index (χ4v) is 3.15. The van der Waals surface area contributed by atoms with E-state index in [1.807, 2.05) is 30.8 Å². The zero-order valence-electron chi connectivity index (χ0n) is 11.2. The number of fused-ring (bicyclic) bond motifs is 1. The number of nitrogens with one attached hydrogen (secondary N) is 1. The van der Waals surface area contributed by atoms with E-state index in [-0.39, 0.29) is 0 Å². The highest BCUT2D eigenvalue weighted by Crippen LogP contribution is 2.34. The molecule has 0 spiro atoms. The Kier molecular flexibility index (Phi) is 3.46. The molecule has 0 aliphatic carbocycles. The van der Waals surface area contributed by atoms with E-state index in [2.05, 4.69) is 22.2 Å². The van der Waals surface area contributed by atoms with E-state index >= 15 is 0 Å². The molecule has 1 N–H and O–H groups in total. The number of aryl methyl sites for hydroxylation is 1. The third-order valence-electron chi connectivity index (χ3n) is 3.08. The Balaban J connectivity index is 2.02. The summed E-state index contributed by atoms with van der Waals surface area (Å²) in [5.74, 6) is 5.26. The third-order valence-corrected chi connectivity index (χ3v) is 4.05. The maximum atomic E-state index is 5.63. The Labute approximate surface area is 117 Å². The molecule has 0 unspecified atom stereocenters. The molecule has 0 saturated heterocycles. The largest absolute Gasteiger partial charge is 0.458 e. The maximum Gasteiger partial charge on any atom is 0.197 e. The van der Waals surface area contributed by atoms with Crippen molar-refractivity contribution in [1.82, 2.24) is 9.97 Å². The van der Waals surface area contributed by atoms with Crippen LogP contribution in [0.3, 0.4) is 0 Å². The van der Waals surface area contributed by atoms with Gasteiger partial charge in [-0.05, 0) is 25.5 Å². The molecule has 4 nitrogen and oxygen atoms in total. The lowest BCUT2D eigenvalue weighted by molar-refractivity contribution is 0.544.